The van der Waals surface area contributed by atoms with Gasteiger partial charge in [-0.05, 0) is 30.3 Å². The summed E-state index contributed by atoms with van der Waals surface area (Å²) < 4.78 is 37.7. The van der Waals surface area contributed by atoms with Crippen LogP contribution in [-0.4, -0.2) is 12.0 Å². The quantitative estimate of drug-likeness (QED) is 0.919. The molecule has 0 unspecified atom stereocenters. The van der Waals surface area contributed by atoms with Gasteiger partial charge in [-0.25, -0.2) is 4.98 Å². The molecular weight excluding hydrogens is 297 g/mol. The van der Waals surface area contributed by atoms with Gasteiger partial charge in [-0.1, -0.05) is 17.7 Å². The molecule has 1 aromatic carbocycles. The van der Waals surface area contributed by atoms with Crippen molar-refractivity contribution in [3.8, 4) is 10.4 Å². The van der Waals surface area contributed by atoms with Crippen LogP contribution in [0.2, 0.25) is 5.02 Å². The van der Waals surface area contributed by atoms with E-state index in [2.05, 4.69) is 10.3 Å². The van der Waals surface area contributed by atoms with Crippen molar-refractivity contribution in [1.29, 1.82) is 0 Å². The fourth-order valence-electron chi connectivity index (χ4n) is 1.65. The van der Waals surface area contributed by atoms with E-state index in [1.165, 1.54) is 6.20 Å². The molecule has 0 amide bonds. The summed E-state index contributed by atoms with van der Waals surface area (Å²) in [6.45, 7) is 0.547. The van der Waals surface area contributed by atoms with Gasteiger partial charge in [-0.3, -0.25) is 0 Å². The van der Waals surface area contributed by atoms with E-state index in [-0.39, 0.29) is 0 Å². The van der Waals surface area contributed by atoms with Crippen molar-refractivity contribution in [1.82, 2.24) is 10.3 Å². The van der Waals surface area contributed by atoms with Crippen LogP contribution in [0, 0.1) is 0 Å². The number of hydrogen-bond donors (Lipinski definition) is 1. The monoisotopic (exact) mass is 306 g/mol. The Morgan fingerprint density at radius 2 is 2.11 bits per heavy atom. The van der Waals surface area contributed by atoms with Crippen LogP contribution in [0.4, 0.5) is 13.2 Å². The minimum atomic E-state index is -4.41. The van der Waals surface area contributed by atoms with Crippen molar-refractivity contribution in [2.75, 3.05) is 7.05 Å². The van der Waals surface area contributed by atoms with Gasteiger partial charge in [0, 0.05) is 17.8 Å². The third-order valence-electron chi connectivity index (χ3n) is 2.45. The Bertz CT molecular complexity index is 581. The molecule has 2 rings (SSSR count). The molecule has 1 aromatic heterocycles. The molecule has 1 heterocycles. The molecule has 2 nitrogen and oxygen atoms in total. The molecule has 0 bridgehead atoms. The highest BCUT2D eigenvalue weighted by atomic mass is 35.5. The van der Waals surface area contributed by atoms with Crippen molar-refractivity contribution in [3.05, 3.63) is 40.0 Å². The number of halogens is 4. The molecule has 7 heteroatoms. The maximum absolute atomic E-state index is 12.6. The molecule has 0 spiro atoms. The SMILES string of the molecule is CNCc1ccc(Cl)cc1-c1cnc(C(F)(F)F)s1. The van der Waals surface area contributed by atoms with Crippen LogP contribution >= 0.6 is 22.9 Å². The summed E-state index contributed by atoms with van der Waals surface area (Å²) in [5.74, 6) is 0. The second-order valence-electron chi connectivity index (χ2n) is 3.86. The molecule has 0 fully saturated rings. The zero-order valence-electron chi connectivity index (χ0n) is 9.88. The maximum atomic E-state index is 12.6. The molecule has 0 radical (unpaired) electrons. The van der Waals surface area contributed by atoms with Gasteiger partial charge in [0.2, 0.25) is 0 Å². The van der Waals surface area contributed by atoms with Gasteiger partial charge in [-0.15, -0.1) is 11.3 Å². The fourth-order valence-corrected chi connectivity index (χ4v) is 2.66. The Hall–Kier alpha value is -1.11. The topological polar surface area (TPSA) is 24.9 Å². The summed E-state index contributed by atoms with van der Waals surface area (Å²) in [5, 5.41) is 2.60. The van der Waals surface area contributed by atoms with E-state index in [1.54, 1.807) is 25.2 Å². The molecule has 0 aliphatic rings. The molecule has 2 aromatic rings. The average molecular weight is 307 g/mol. The average Bonchev–Trinajstić information content (AvgIpc) is 2.80. The first-order valence-electron chi connectivity index (χ1n) is 5.38. The minimum absolute atomic E-state index is 0.458. The molecule has 102 valence electrons. The number of benzene rings is 1. The standard InChI is InChI=1S/C12H10ClF3N2S/c1-17-5-7-2-3-8(13)4-9(7)10-6-18-11(19-10)12(14,15)16/h2-4,6,17H,5H2,1H3. The number of hydrogen-bond acceptors (Lipinski definition) is 3. The van der Waals surface area contributed by atoms with Gasteiger partial charge in [0.25, 0.3) is 0 Å². The van der Waals surface area contributed by atoms with Gasteiger partial charge < -0.3 is 5.32 Å². The first-order chi connectivity index (χ1) is 8.91. The van der Waals surface area contributed by atoms with Crippen LogP contribution in [0.15, 0.2) is 24.4 Å². The summed E-state index contributed by atoms with van der Waals surface area (Å²) in [5.41, 5.74) is 1.55. The van der Waals surface area contributed by atoms with Crippen LogP contribution in [0.25, 0.3) is 10.4 Å². The second-order valence-corrected chi connectivity index (χ2v) is 5.33. The Balaban J connectivity index is 2.46. The largest absolute Gasteiger partial charge is 0.443 e. The van der Waals surface area contributed by atoms with Crippen molar-refractivity contribution in [3.63, 3.8) is 0 Å². The van der Waals surface area contributed by atoms with Crippen LogP contribution in [0.3, 0.4) is 0 Å². The molecule has 0 aliphatic carbocycles. The smallest absolute Gasteiger partial charge is 0.316 e. The van der Waals surface area contributed by atoms with Gasteiger partial charge in [0.15, 0.2) is 5.01 Å². The molecule has 0 atom stereocenters. The van der Waals surface area contributed by atoms with Gasteiger partial charge in [0.1, 0.15) is 0 Å². The van der Waals surface area contributed by atoms with Crippen molar-refractivity contribution >= 4 is 22.9 Å². The minimum Gasteiger partial charge on any atom is -0.316 e. The van der Waals surface area contributed by atoms with E-state index in [1.807, 2.05) is 0 Å². The third kappa shape index (κ3) is 3.26. The Labute approximate surface area is 117 Å². The normalized spacial score (nSPS) is 11.8. The van der Waals surface area contributed by atoms with Gasteiger partial charge >= 0.3 is 6.18 Å². The van der Waals surface area contributed by atoms with E-state index in [0.717, 1.165) is 5.56 Å². The Kier molecular flexibility index (Phi) is 4.13. The lowest BCUT2D eigenvalue weighted by Gasteiger charge is -2.07. The van der Waals surface area contributed by atoms with Gasteiger partial charge in [0.05, 0.1) is 4.88 Å². The van der Waals surface area contributed by atoms with E-state index < -0.39 is 11.2 Å². The maximum Gasteiger partial charge on any atom is 0.443 e. The molecule has 0 saturated carbocycles. The lowest BCUT2D eigenvalue weighted by atomic mass is 10.1. The second kappa shape index (κ2) is 5.48. The first-order valence-corrected chi connectivity index (χ1v) is 6.57. The summed E-state index contributed by atoms with van der Waals surface area (Å²) in [6, 6.07) is 5.16. The molecule has 1 N–H and O–H groups in total. The fraction of sp³-hybridized carbons (Fsp3) is 0.250. The van der Waals surface area contributed by atoms with Crippen LogP contribution in [-0.2, 0) is 12.7 Å². The highest BCUT2D eigenvalue weighted by Crippen LogP contribution is 2.38. The number of aromatic nitrogens is 1. The Morgan fingerprint density at radius 3 is 2.68 bits per heavy atom. The zero-order valence-corrected chi connectivity index (χ0v) is 11.5. The third-order valence-corrected chi connectivity index (χ3v) is 3.76. The highest BCUT2D eigenvalue weighted by Gasteiger charge is 2.34. The Morgan fingerprint density at radius 1 is 1.37 bits per heavy atom. The van der Waals surface area contributed by atoms with Crippen LogP contribution in [0.1, 0.15) is 10.6 Å². The predicted octanol–water partition coefficient (Wildman–Crippen LogP) is 4.20. The molecular formula is C12H10ClF3N2S. The number of rotatable bonds is 3. The van der Waals surface area contributed by atoms with Crippen molar-refractivity contribution < 1.29 is 13.2 Å². The number of nitrogens with zero attached hydrogens (tertiary/aromatic N) is 1. The number of nitrogens with one attached hydrogen (secondary N) is 1. The van der Waals surface area contributed by atoms with Crippen LogP contribution in [0.5, 0.6) is 0 Å². The molecule has 0 saturated heterocycles. The van der Waals surface area contributed by atoms with E-state index in [9.17, 15) is 13.2 Å². The lowest BCUT2D eigenvalue weighted by molar-refractivity contribution is -0.137. The first kappa shape index (κ1) is 14.3. The summed E-state index contributed by atoms with van der Waals surface area (Å²) in [6.07, 6.45) is -3.18. The van der Waals surface area contributed by atoms with E-state index >= 15 is 0 Å². The van der Waals surface area contributed by atoms with Crippen molar-refractivity contribution in [2.24, 2.45) is 0 Å². The summed E-state index contributed by atoms with van der Waals surface area (Å²) >= 11 is 6.52. The van der Waals surface area contributed by atoms with E-state index in [4.69, 9.17) is 11.6 Å². The van der Waals surface area contributed by atoms with Crippen LogP contribution < -0.4 is 5.32 Å². The molecule has 0 aliphatic heterocycles. The van der Waals surface area contributed by atoms with E-state index in [0.29, 0.717) is 33.3 Å². The number of thiazole rings is 1. The summed E-state index contributed by atoms with van der Waals surface area (Å²) in [7, 11) is 1.77. The zero-order chi connectivity index (χ0) is 14.0. The number of alkyl halides is 3. The lowest BCUT2D eigenvalue weighted by Crippen LogP contribution is -2.06. The predicted molar refractivity (Wildman–Crippen MR) is 70.3 cm³/mol. The van der Waals surface area contributed by atoms with Crippen molar-refractivity contribution in [2.45, 2.75) is 12.7 Å². The highest BCUT2D eigenvalue weighted by molar-refractivity contribution is 7.15. The van der Waals surface area contributed by atoms with Gasteiger partial charge in [-0.2, -0.15) is 13.2 Å². The molecule has 19 heavy (non-hydrogen) atoms. The summed E-state index contributed by atoms with van der Waals surface area (Å²) in [4.78, 5) is 3.88.